The Morgan fingerprint density at radius 2 is 1.71 bits per heavy atom. The first kappa shape index (κ1) is 17.9. The Hall–Kier alpha value is -2.49. The number of hydrogen-bond acceptors (Lipinski definition) is 3. The molecule has 0 heterocycles. The number of aryl methyl sites for hydroxylation is 2. The van der Waals surface area contributed by atoms with E-state index in [2.05, 4.69) is 5.32 Å². The van der Waals surface area contributed by atoms with E-state index in [-0.39, 0.29) is 11.9 Å². The third kappa shape index (κ3) is 4.51. The average Bonchev–Trinajstić information content (AvgIpc) is 2.57. The van der Waals surface area contributed by atoms with Gasteiger partial charge in [-0.1, -0.05) is 29.8 Å². The molecule has 1 amide bonds. The molecule has 2 atom stereocenters. The number of methoxy groups -OCH3 is 1. The van der Waals surface area contributed by atoms with Gasteiger partial charge in [0.2, 0.25) is 0 Å². The Morgan fingerprint density at radius 3 is 2.29 bits per heavy atom. The SMILES string of the molecule is COc1ccc([C@@H](C)NC(=O)[C@@H](C)Oc2ccc(C)cc2C)cc1. The molecular weight excluding hydrogens is 302 g/mol. The maximum absolute atomic E-state index is 12.4. The lowest BCUT2D eigenvalue weighted by Gasteiger charge is -2.20. The highest BCUT2D eigenvalue weighted by Crippen LogP contribution is 2.21. The first-order valence-electron chi connectivity index (χ1n) is 8.09. The second kappa shape index (κ2) is 7.86. The third-order valence-electron chi connectivity index (χ3n) is 3.98. The van der Waals surface area contributed by atoms with Gasteiger partial charge in [-0.25, -0.2) is 0 Å². The molecular formula is C20H25NO3. The van der Waals surface area contributed by atoms with E-state index in [1.807, 2.05) is 63.2 Å². The van der Waals surface area contributed by atoms with E-state index in [0.29, 0.717) is 0 Å². The monoisotopic (exact) mass is 327 g/mol. The van der Waals surface area contributed by atoms with Crippen LogP contribution in [-0.4, -0.2) is 19.1 Å². The van der Waals surface area contributed by atoms with Crippen molar-refractivity contribution < 1.29 is 14.3 Å². The van der Waals surface area contributed by atoms with Gasteiger partial charge in [-0.15, -0.1) is 0 Å². The van der Waals surface area contributed by atoms with Crippen molar-refractivity contribution in [3.05, 3.63) is 59.2 Å². The molecule has 128 valence electrons. The second-order valence-electron chi connectivity index (χ2n) is 6.03. The van der Waals surface area contributed by atoms with E-state index in [0.717, 1.165) is 22.6 Å². The van der Waals surface area contributed by atoms with E-state index >= 15 is 0 Å². The highest BCUT2D eigenvalue weighted by Gasteiger charge is 2.18. The van der Waals surface area contributed by atoms with E-state index in [9.17, 15) is 4.79 Å². The van der Waals surface area contributed by atoms with Crippen molar-refractivity contribution in [2.45, 2.75) is 39.8 Å². The van der Waals surface area contributed by atoms with Crippen LogP contribution in [0.2, 0.25) is 0 Å². The minimum atomic E-state index is -0.563. The summed E-state index contributed by atoms with van der Waals surface area (Å²) in [5, 5.41) is 2.98. The van der Waals surface area contributed by atoms with E-state index in [4.69, 9.17) is 9.47 Å². The van der Waals surface area contributed by atoms with Gasteiger partial charge in [-0.05, 0) is 57.0 Å². The van der Waals surface area contributed by atoms with Crippen LogP contribution >= 0.6 is 0 Å². The summed E-state index contributed by atoms with van der Waals surface area (Å²) in [6.45, 7) is 7.72. The van der Waals surface area contributed by atoms with E-state index < -0.39 is 6.10 Å². The largest absolute Gasteiger partial charge is 0.497 e. The number of benzene rings is 2. The predicted octanol–water partition coefficient (Wildman–Crippen LogP) is 3.96. The topological polar surface area (TPSA) is 47.6 Å². The molecule has 0 aliphatic carbocycles. The summed E-state index contributed by atoms with van der Waals surface area (Å²) in [6.07, 6.45) is -0.563. The lowest BCUT2D eigenvalue weighted by atomic mass is 10.1. The summed E-state index contributed by atoms with van der Waals surface area (Å²) >= 11 is 0. The zero-order valence-corrected chi connectivity index (χ0v) is 14.9. The number of ether oxygens (including phenoxy) is 2. The minimum absolute atomic E-state index is 0.103. The summed E-state index contributed by atoms with van der Waals surface area (Å²) in [7, 11) is 1.63. The average molecular weight is 327 g/mol. The van der Waals surface area contributed by atoms with Crippen LogP contribution in [0.25, 0.3) is 0 Å². The van der Waals surface area contributed by atoms with Crippen molar-refractivity contribution in [2.75, 3.05) is 7.11 Å². The summed E-state index contributed by atoms with van der Waals surface area (Å²) < 4.78 is 10.9. The van der Waals surface area contributed by atoms with Gasteiger partial charge in [0.15, 0.2) is 6.10 Å². The van der Waals surface area contributed by atoms with Crippen LogP contribution in [0.1, 0.15) is 36.6 Å². The molecule has 0 fully saturated rings. The lowest BCUT2D eigenvalue weighted by Crippen LogP contribution is -2.37. The van der Waals surface area contributed by atoms with Crippen LogP contribution in [0.5, 0.6) is 11.5 Å². The summed E-state index contributed by atoms with van der Waals surface area (Å²) in [6, 6.07) is 13.5. The van der Waals surface area contributed by atoms with Crippen molar-refractivity contribution in [3.8, 4) is 11.5 Å². The molecule has 0 aromatic heterocycles. The molecule has 0 bridgehead atoms. The molecule has 2 aromatic rings. The molecule has 0 aliphatic rings. The van der Waals surface area contributed by atoms with Crippen LogP contribution in [0.4, 0.5) is 0 Å². The Kier molecular flexibility index (Phi) is 5.85. The zero-order valence-electron chi connectivity index (χ0n) is 14.9. The molecule has 0 aliphatic heterocycles. The van der Waals surface area contributed by atoms with Crippen molar-refractivity contribution in [2.24, 2.45) is 0 Å². The van der Waals surface area contributed by atoms with Gasteiger partial charge in [0.25, 0.3) is 5.91 Å². The molecule has 0 saturated carbocycles. The minimum Gasteiger partial charge on any atom is -0.497 e. The standard InChI is InChI=1S/C20H25NO3/c1-13-6-11-19(14(2)12-13)24-16(4)20(22)21-15(3)17-7-9-18(23-5)10-8-17/h6-12,15-16H,1-5H3,(H,21,22)/t15-,16-/m1/s1. The van der Waals surface area contributed by atoms with Crippen LogP contribution < -0.4 is 14.8 Å². The van der Waals surface area contributed by atoms with Crippen molar-refractivity contribution in [3.63, 3.8) is 0 Å². The zero-order chi connectivity index (χ0) is 17.7. The first-order valence-corrected chi connectivity index (χ1v) is 8.09. The number of carbonyl (C=O) groups excluding carboxylic acids is 1. The van der Waals surface area contributed by atoms with Gasteiger partial charge in [0.05, 0.1) is 13.2 Å². The number of amides is 1. The predicted molar refractivity (Wildman–Crippen MR) is 95.6 cm³/mol. The molecule has 0 saturated heterocycles. The fourth-order valence-electron chi connectivity index (χ4n) is 2.48. The normalized spacial score (nSPS) is 13.0. The maximum Gasteiger partial charge on any atom is 0.261 e. The maximum atomic E-state index is 12.4. The summed E-state index contributed by atoms with van der Waals surface area (Å²) in [5.74, 6) is 1.39. The van der Waals surface area contributed by atoms with Crippen LogP contribution in [0, 0.1) is 13.8 Å². The molecule has 4 heteroatoms. The van der Waals surface area contributed by atoms with E-state index in [1.165, 1.54) is 5.56 Å². The highest BCUT2D eigenvalue weighted by molar-refractivity contribution is 5.81. The fourth-order valence-corrected chi connectivity index (χ4v) is 2.48. The van der Waals surface area contributed by atoms with Crippen LogP contribution in [0.3, 0.4) is 0 Å². The molecule has 0 unspecified atom stereocenters. The molecule has 2 aromatic carbocycles. The van der Waals surface area contributed by atoms with Gasteiger partial charge in [0, 0.05) is 0 Å². The lowest BCUT2D eigenvalue weighted by molar-refractivity contribution is -0.127. The van der Waals surface area contributed by atoms with Gasteiger partial charge >= 0.3 is 0 Å². The molecule has 2 rings (SSSR count). The number of nitrogens with one attached hydrogen (secondary N) is 1. The van der Waals surface area contributed by atoms with Gasteiger partial charge in [-0.3, -0.25) is 4.79 Å². The Balaban J connectivity index is 1.97. The van der Waals surface area contributed by atoms with Crippen LogP contribution in [0.15, 0.2) is 42.5 Å². The van der Waals surface area contributed by atoms with Crippen molar-refractivity contribution in [1.29, 1.82) is 0 Å². The van der Waals surface area contributed by atoms with Gasteiger partial charge in [0.1, 0.15) is 11.5 Å². The first-order chi connectivity index (χ1) is 11.4. The second-order valence-corrected chi connectivity index (χ2v) is 6.03. The molecule has 0 spiro atoms. The molecule has 1 N–H and O–H groups in total. The summed E-state index contributed by atoms with van der Waals surface area (Å²) in [4.78, 5) is 12.4. The smallest absolute Gasteiger partial charge is 0.261 e. The highest BCUT2D eigenvalue weighted by atomic mass is 16.5. The Bertz CT molecular complexity index is 695. The molecule has 4 nitrogen and oxygen atoms in total. The fraction of sp³-hybridized carbons (Fsp3) is 0.350. The van der Waals surface area contributed by atoms with Crippen LogP contribution in [-0.2, 0) is 4.79 Å². The molecule has 24 heavy (non-hydrogen) atoms. The Labute approximate surface area is 143 Å². The number of rotatable bonds is 6. The number of carbonyl (C=O) groups is 1. The van der Waals surface area contributed by atoms with Crippen molar-refractivity contribution in [1.82, 2.24) is 5.32 Å². The van der Waals surface area contributed by atoms with Crippen molar-refractivity contribution >= 4 is 5.91 Å². The quantitative estimate of drug-likeness (QED) is 0.874. The van der Waals surface area contributed by atoms with Gasteiger partial charge in [-0.2, -0.15) is 0 Å². The summed E-state index contributed by atoms with van der Waals surface area (Å²) in [5.41, 5.74) is 3.21. The molecule has 0 radical (unpaired) electrons. The van der Waals surface area contributed by atoms with E-state index in [1.54, 1.807) is 14.0 Å². The third-order valence-corrected chi connectivity index (χ3v) is 3.98. The van der Waals surface area contributed by atoms with Gasteiger partial charge < -0.3 is 14.8 Å². The number of hydrogen-bond donors (Lipinski definition) is 1. The Morgan fingerprint density at radius 1 is 1.04 bits per heavy atom.